The number of benzene rings is 7. The number of hydrogen-bond donors (Lipinski definition) is 0. The Hall–Kier alpha value is -7.02. The summed E-state index contributed by atoms with van der Waals surface area (Å²) in [6.45, 7) is 0. The van der Waals surface area contributed by atoms with Crippen LogP contribution in [0.25, 0.3) is 104 Å². The highest BCUT2D eigenvalue weighted by Crippen LogP contribution is 2.44. The second-order valence-electron chi connectivity index (χ2n) is 13.8. The normalized spacial score (nSPS) is 12.1. The molecule has 0 amide bonds. The predicted octanol–water partition coefficient (Wildman–Crippen LogP) is 12.6. The van der Waals surface area contributed by atoms with Crippen LogP contribution in [0.3, 0.4) is 0 Å². The van der Waals surface area contributed by atoms with Gasteiger partial charge in [0.1, 0.15) is 0 Å². The van der Waals surface area contributed by atoms with Crippen LogP contribution < -0.4 is 0 Å². The topological polar surface area (TPSA) is 40.0 Å². The lowest BCUT2D eigenvalue weighted by atomic mass is 9.95. The molecule has 0 bridgehead atoms. The minimum Gasteiger partial charge on any atom is -0.309 e. The van der Waals surface area contributed by atoms with E-state index in [0.717, 1.165) is 72.6 Å². The van der Waals surface area contributed by atoms with Gasteiger partial charge in [-0.1, -0.05) is 103 Å². The van der Waals surface area contributed by atoms with E-state index in [-0.39, 0.29) is 0 Å². The third-order valence-corrected chi connectivity index (χ3v) is 12.1. The van der Waals surface area contributed by atoms with Gasteiger partial charge >= 0.3 is 0 Å². The Kier molecular flexibility index (Phi) is 6.15. The Balaban J connectivity index is 1.09. The van der Waals surface area contributed by atoms with Crippen molar-refractivity contribution in [3.05, 3.63) is 176 Å². The Bertz CT molecular complexity index is 3470. The van der Waals surface area contributed by atoms with Crippen LogP contribution in [0.2, 0.25) is 0 Å². The lowest BCUT2D eigenvalue weighted by Gasteiger charge is -2.17. The van der Waals surface area contributed by atoms with E-state index in [1.54, 1.807) is 0 Å². The van der Waals surface area contributed by atoms with Crippen molar-refractivity contribution in [2.24, 2.45) is 0 Å². The van der Waals surface area contributed by atoms with E-state index in [4.69, 9.17) is 9.97 Å². The monoisotopic (exact) mass is 707 g/mol. The Morgan fingerprint density at radius 2 is 1.11 bits per heavy atom. The largest absolute Gasteiger partial charge is 0.309 e. The first-order valence-electron chi connectivity index (χ1n) is 18.2. The first-order valence-corrected chi connectivity index (χ1v) is 19.0. The van der Waals surface area contributed by atoms with Crippen LogP contribution >= 0.6 is 11.3 Å². The van der Waals surface area contributed by atoms with E-state index in [2.05, 4.69) is 183 Å². The van der Waals surface area contributed by atoms with Crippen LogP contribution in [0.1, 0.15) is 0 Å². The van der Waals surface area contributed by atoms with Gasteiger partial charge in [0.2, 0.25) is 5.78 Å². The zero-order valence-electron chi connectivity index (χ0n) is 28.9. The molecule has 12 rings (SSSR count). The minimum atomic E-state index is 0.907. The zero-order valence-corrected chi connectivity index (χ0v) is 29.7. The van der Waals surface area contributed by atoms with Crippen molar-refractivity contribution in [1.82, 2.24) is 23.5 Å². The third-order valence-electron chi connectivity index (χ3n) is 10.9. The van der Waals surface area contributed by atoms with Crippen molar-refractivity contribution < 1.29 is 0 Å². The minimum absolute atomic E-state index is 0.907. The summed E-state index contributed by atoms with van der Waals surface area (Å²) in [4.78, 5) is 10.2. The number of rotatable bonds is 4. The third kappa shape index (κ3) is 4.08. The fourth-order valence-electron chi connectivity index (χ4n) is 8.63. The average Bonchev–Trinajstić information content (AvgIpc) is 3.98. The Labute approximate surface area is 313 Å². The van der Waals surface area contributed by atoms with Crippen molar-refractivity contribution >= 4 is 81.2 Å². The lowest BCUT2D eigenvalue weighted by molar-refractivity contribution is 1.11. The molecule has 0 unspecified atom stereocenters. The summed E-state index contributed by atoms with van der Waals surface area (Å²) in [7, 11) is 0. The number of nitrogens with zero attached hydrogens (tertiary/aromatic N) is 5. The number of thiophene rings is 1. The number of pyridine rings is 1. The molecule has 7 aromatic carbocycles. The van der Waals surface area contributed by atoms with Crippen LogP contribution in [-0.2, 0) is 0 Å². The maximum absolute atomic E-state index is 5.15. The van der Waals surface area contributed by atoms with Crippen LogP contribution in [-0.4, -0.2) is 23.5 Å². The van der Waals surface area contributed by atoms with Gasteiger partial charge in [0, 0.05) is 49.3 Å². The van der Waals surface area contributed by atoms with Crippen LogP contribution in [0.4, 0.5) is 0 Å². The lowest BCUT2D eigenvalue weighted by Crippen LogP contribution is -1.99. The number of imidazole rings is 2. The molecule has 252 valence electrons. The molecule has 0 aliphatic carbocycles. The summed E-state index contributed by atoms with van der Waals surface area (Å²) in [5, 5.41) is 4.92. The van der Waals surface area contributed by atoms with E-state index in [1.807, 2.05) is 17.5 Å². The van der Waals surface area contributed by atoms with Crippen LogP contribution in [0, 0.1) is 0 Å². The smallest absolute Gasteiger partial charge is 0.220 e. The van der Waals surface area contributed by atoms with Gasteiger partial charge in [0.05, 0.1) is 49.2 Å². The van der Waals surface area contributed by atoms with E-state index >= 15 is 0 Å². The molecular weight excluding hydrogens is 679 g/mol. The van der Waals surface area contributed by atoms with Crippen molar-refractivity contribution in [2.45, 2.75) is 0 Å². The van der Waals surface area contributed by atoms with Crippen LogP contribution in [0.15, 0.2) is 176 Å². The summed E-state index contributed by atoms with van der Waals surface area (Å²) in [6, 6.07) is 60.9. The number of hydrogen-bond acceptors (Lipinski definition) is 3. The SMILES string of the molecule is c1ccc(-c2nccc3c2sc2ccccc23)c(-c2ccccc2-n2c3ccccc3c3cc(-n4c5ccccc5n5c6ccccc6nc45)ccc32)c1. The summed E-state index contributed by atoms with van der Waals surface area (Å²) in [5.74, 6) is 0.907. The standard InChI is InChI=1S/C48H29N5S/c1-2-17-35(46-47-36(27-28-49-46)34-16-5-12-24-45(34)54-47)31(13-1)32-14-3-7-19-39(32)52-40-20-8-4-15-33(40)37-29-30(25-26-41(37)52)51-43-22-10-11-23-44(43)53-42-21-9-6-18-38(42)50-48(51)53/h1-29H. The van der Waals surface area contributed by atoms with Gasteiger partial charge in [-0.25, -0.2) is 4.98 Å². The second kappa shape index (κ2) is 11.2. The predicted molar refractivity (Wildman–Crippen MR) is 225 cm³/mol. The quantitative estimate of drug-likeness (QED) is 0.183. The fourth-order valence-corrected chi connectivity index (χ4v) is 9.83. The molecule has 0 aliphatic heterocycles. The summed E-state index contributed by atoms with van der Waals surface area (Å²) in [6.07, 6.45) is 1.96. The molecular formula is C48H29N5S. The highest BCUT2D eigenvalue weighted by Gasteiger charge is 2.22. The van der Waals surface area contributed by atoms with Gasteiger partial charge in [0.15, 0.2) is 0 Å². The van der Waals surface area contributed by atoms with Gasteiger partial charge in [-0.3, -0.25) is 14.0 Å². The molecule has 6 heteroatoms. The van der Waals surface area contributed by atoms with Crippen LogP contribution in [0.5, 0.6) is 0 Å². The van der Waals surface area contributed by atoms with Gasteiger partial charge < -0.3 is 4.57 Å². The molecule has 5 aromatic heterocycles. The first-order chi connectivity index (χ1) is 26.8. The molecule has 0 aliphatic rings. The molecule has 0 radical (unpaired) electrons. The molecule has 0 fully saturated rings. The maximum atomic E-state index is 5.15. The molecule has 5 nitrogen and oxygen atoms in total. The number of fused-ring (bicyclic) bond motifs is 11. The highest BCUT2D eigenvalue weighted by molar-refractivity contribution is 7.26. The van der Waals surface area contributed by atoms with Crippen molar-refractivity contribution in [1.29, 1.82) is 0 Å². The Morgan fingerprint density at radius 3 is 2.00 bits per heavy atom. The van der Waals surface area contributed by atoms with Gasteiger partial charge in [-0.05, 0) is 72.3 Å². The maximum Gasteiger partial charge on any atom is 0.220 e. The number of aromatic nitrogens is 5. The molecule has 0 spiro atoms. The molecule has 54 heavy (non-hydrogen) atoms. The zero-order chi connectivity index (χ0) is 35.3. The number of para-hydroxylation sites is 6. The molecule has 0 N–H and O–H groups in total. The Morgan fingerprint density at radius 1 is 0.444 bits per heavy atom. The van der Waals surface area contributed by atoms with E-state index in [0.29, 0.717) is 0 Å². The second-order valence-corrected chi connectivity index (χ2v) is 14.9. The molecule has 0 atom stereocenters. The van der Waals surface area contributed by atoms with Gasteiger partial charge in [0.25, 0.3) is 0 Å². The summed E-state index contributed by atoms with van der Waals surface area (Å²) >= 11 is 1.82. The van der Waals surface area contributed by atoms with Gasteiger partial charge in [-0.2, -0.15) is 0 Å². The highest BCUT2D eigenvalue weighted by atomic mass is 32.1. The summed E-state index contributed by atoms with van der Waals surface area (Å²) in [5.41, 5.74) is 13.3. The van der Waals surface area contributed by atoms with E-state index in [1.165, 1.54) is 30.9 Å². The van der Waals surface area contributed by atoms with E-state index < -0.39 is 0 Å². The molecule has 12 aromatic rings. The first kappa shape index (κ1) is 29.5. The molecule has 5 heterocycles. The fraction of sp³-hybridized carbons (Fsp3) is 0. The van der Waals surface area contributed by atoms with Crippen molar-refractivity contribution in [3.63, 3.8) is 0 Å². The van der Waals surface area contributed by atoms with Gasteiger partial charge in [-0.15, -0.1) is 11.3 Å². The summed E-state index contributed by atoms with van der Waals surface area (Å²) < 4.78 is 9.50. The molecule has 0 saturated heterocycles. The van der Waals surface area contributed by atoms with Crippen molar-refractivity contribution in [2.75, 3.05) is 0 Å². The van der Waals surface area contributed by atoms with E-state index in [9.17, 15) is 0 Å². The molecule has 0 saturated carbocycles. The van der Waals surface area contributed by atoms with Crippen molar-refractivity contribution in [3.8, 4) is 33.8 Å². The average molecular weight is 708 g/mol.